The normalized spacial score (nSPS) is 26.5. The molecule has 0 saturated carbocycles. The summed E-state index contributed by atoms with van der Waals surface area (Å²) in [4.78, 5) is 2.57. The molecule has 3 rings (SSSR count). The van der Waals surface area contributed by atoms with Crippen molar-refractivity contribution in [1.82, 2.24) is 10.2 Å². The first-order chi connectivity index (χ1) is 7.43. The Morgan fingerprint density at radius 3 is 2.40 bits per heavy atom. The second-order valence-corrected chi connectivity index (χ2v) is 4.64. The maximum Gasteiger partial charge on any atom is 0.0603 e. The van der Waals surface area contributed by atoms with Crippen LogP contribution in [0.2, 0.25) is 0 Å². The summed E-state index contributed by atoms with van der Waals surface area (Å²) < 4.78 is 0. The van der Waals surface area contributed by atoms with Crippen LogP contribution in [0.1, 0.15) is 30.4 Å². The molecule has 0 aliphatic carbocycles. The van der Waals surface area contributed by atoms with E-state index in [-0.39, 0.29) is 0 Å². The molecule has 1 unspecified atom stereocenters. The van der Waals surface area contributed by atoms with Gasteiger partial charge in [-0.25, -0.2) is 0 Å². The molecule has 1 N–H and O–H groups in total. The fraction of sp³-hybridized carbons (Fsp3) is 0.538. The molecule has 2 heteroatoms. The Balaban J connectivity index is 1.72. The van der Waals surface area contributed by atoms with Crippen LogP contribution in [0.3, 0.4) is 0 Å². The first kappa shape index (κ1) is 9.37. The van der Waals surface area contributed by atoms with E-state index in [9.17, 15) is 0 Å². The maximum atomic E-state index is 3.62. The quantitative estimate of drug-likeness (QED) is 0.750. The van der Waals surface area contributed by atoms with Gasteiger partial charge in [0.25, 0.3) is 0 Å². The average Bonchev–Trinajstić information content (AvgIpc) is 2.74. The summed E-state index contributed by atoms with van der Waals surface area (Å²) in [6.07, 6.45) is 4.65. The van der Waals surface area contributed by atoms with E-state index < -0.39 is 0 Å². The van der Waals surface area contributed by atoms with Crippen LogP contribution in [0.15, 0.2) is 24.3 Å². The highest BCUT2D eigenvalue weighted by Gasteiger charge is 2.26. The Hall–Kier alpha value is -0.860. The van der Waals surface area contributed by atoms with Gasteiger partial charge in [-0.3, -0.25) is 4.90 Å². The van der Waals surface area contributed by atoms with E-state index >= 15 is 0 Å². The molecular formula is C13H18N2. The molecule has 15 heavy (non-hydrogen) atoms. The van der Waals surface area contributed by atoms with E-state index in [2.05, 4.69) is 34.5 Å². The summed E-state index contributed by atoms with van der Waals surface area (Å²) in [7, 11) is 0. The van der Waals surface area contributed by atoms with Crippen molar-refractivity contribution < 1.29 is 0 Å². The molecule has 0 spiro atoms. The van der Waals surface area contributed by atoms with Gasteiger partial charge in [-0.2, -0.15) is 0 Å². The van der Waals surface area contributed by atoms with Gasteiger partial charge in [0.15, 0.2) is 0 Å². The van der Waals surface area contributed by atoms with E-state index in [1.807, 2.05) is 0 Å². The van der Waals surface area contributed by atoms with Crippen molar-refractivity contribution in [3.63, 3.8) is 0 Å². The van der Waals surface area contributed by atoms with Crippen molar-refractivity contribution in [2.24, 2.45) is 0 Å². The van der Waals surface area contributed by atoms with Gasteiger partial charge in [0.05, 0.1) is 6.17 Å². The molecule has 0 radical (unpaired) electrons. The van der Waals surface area contributed by atoms with Crippen molar-refractivity contribution in [3.05, 3.63) is 35.4 Å². The Bertz CT molecular complexity index is 317. The molecule has 1 aromatic rings. The second kappa shape index (κ2) is 3.95. The topological polar surface area (TPSA) is 15.3 Å². The van der Waals surface area contributed by atoms with Gasteiger partial charge < -0.3 is 5.32 Å². The van der Waals surface area contributed by atoms with Crippen molar-refractivity contribution in [2.45, 2.75) is 38.5 Å². The zero-order valence-electron chi connectivity index (χ0n) is 9.08. The van der Waals surface area contributed by atoms with Gasteiger partial charge in [0, 0.05) is 13.1 Å². The molecule has 0 aromatic heterocycles. The number of fused-ring (bicyclic) bond motifs is 1. The number of nitrogens with one attached hydrogen (secondary N) is 1. The fourth-order valence-corrected chi connectivity index (χ4v) is 2.72. The Morgan fingerprint density at radius 2 is 1.80 bits per heavy atom. The standard InChI is InChI=1S/C13H18N2/c1-2-6-12-10-15(9-11(12)5-1)13-7-3-4-8-14-13/h1-2,5-6,13-14H,3-4,7-10H2. The number of piperidine rings is 1. The number of hydrogen-bond donors (Lipinski definition) is 1. The highest BCUT2D eigenvalue weighted by Crippen LogP contribution is 2.25. The van der Waals surface area contributed by atoms with E-state index in [4.69, 9.17) is 0 Å². The summed E-state index contributed by atoms with van der Waals surface area (Å²) in [6.45, 7) is 3.46. The third-order valence-electron chi connectivity index (χ3n) is 3.59. The van der Waals surface area contributed by atoms with Crippen LogP contribution >= 0.6 is 0 Å². The van der Waals surface area contributed by atoms with Gasteiger partial charge in [0.1, 0.15) is 0 Å². The number of hydrogen-bond acceptors (Lipinski definition) is 2. The Morgan fingerprint density at radius 1 is 1.07 bits per heavy atom. The van der Waals surface area contributed by atoms with Crippen molar-refractivity contribution >= 4 is 0 Å². The molecule has 1 atom stereocenters. The maximum absolute atomic E-state index is 3.62. The zero-order chi connectivity index (χ0) is 10.1. The molecule has 2 aliphatic heterocycles. The van der Waals surface area contributed by atoms with Crippen LogP contribution < -0.4 is 5.32 Å². The molecule has 0 amide bonds. The summed E-state index contributed by atoms with van der Waals surface area (Å²) in [5.74, 6) is 0. The fourth-order valence-electron chi connectivity index (χ4n) is 2.72. The van der Waals surface area contributed by atoms with Crippen LogP contribution in [0.5, 0.6) is 0 Å². The first-order valence-electron chi connectivity index (χ1n) is 5.98. The molecule has 80 valence electrons. The predicted octanol–water partition coefficient (Wildman–Crippen LogP) is 2.10. The van der Waals surface area contributed by atoms with Crippen LogP contribution in [-0.2, 0) is 13.1 Å². The monoisotopic (exact) mass is 202 g/mol. The van der Waals surface area contributed by atoms with Crippen molar-refractivity contribution in [3.8, 4) is 0 Å². The molecule has 1 fully saturated rings. The third-order valence-corrected chi connectivity index (χ3v) is 3.59. The first-order valence-corrected chi connectivity index (χ1v) is 5.98. The number of rotatable bonds is 1. The second-order valence-electron chi connectivity index (χ2n) is 4.64. The zero-order valence-corrected chi connectivity index (χ0v) is 9.08. The SMILES string of the molecule is c1ccc2c(c1)CN(C1CCCCN1)C2. The minimum Gasteiger partial charge on any atom is -0.302 e. The van der Waals surface area contributed by atoms with E-state index in [0.29, 0.717) is 6.17 Å². The van der Waals surface area contributed by atoms with Crippen LogP contribution in [0, 0.1) is 0 Å². The lowest BCUT2D eigenvalue weighted by atomic mass is 10.1. The summed E-state index contributed by atoms with van der Waals surface area (Å²) in [6, 6.07) is 8.82. The molecule has 1 aromatic carbocycles. The molecule has 2 heterocycles. The largest absolute Gasteiger partial charge is 0.302 e. The van der Waals surface area contributed by atoms with Crippen molar-refractivity contribution in [2.75, 3.05) is 6.54 Å². The van der Waals surface area contributed by atoms with Gasteiger partial charge in [-0.1, -0.05) is 24.3 Å². The summed E-state index contributed by atoms with van der Waals surface area (Å²) >= 11 is 0. The Labute approximate surface area is 91.3 Å². The van der Waals surface area contributed by atoms with E-state index in [0.717, 1.165) is 13.1 Å². The lowest BCUT2D eigenvalue weighted by Gasteiger charge is -2.31. The lowest BCUT2D eigenvalue weighted by Crippen LogP contribution is -2.45. The summed E-state index contributed by atoms with van der Waals surface area (Å²) in [5, 5.41) is 3.62. The van der Waals surface area contributed by atoms with E-state index in [1.54, 1.807) is 0 Å². The molecular weight excluding hydrogens is 184 g/mol. The lowest BCUT2D eigenvalue weighted by molar-refractivity contribution is 0.137. The van der Waals surface area contributed by atoms with Gasteiger partial charge >= 0.3 is 0 Å². The van der Waals surface area contributed by atoms with Gasteiger partial charge in [-0.05, 0) is 36.9 Å². The highest BCUT2D eigenvalue weighted by atomic mass is 15.3. The molecule has 0 bridgehead atoms. The van der Waals surface area contributed by atoms with Gasteiger partial charge in [0.2, 0.25) is 0 Å². The molecule has 2 nitrogen and oxygen atoms in total. The number of nitrogens with zero attached hydrogens (tertiary/aromatic N) is 1. The molecule has 2 aliphatic rings. The predicted molar refractivity (Wildman–Crippen MR) is 61.3 cm³/mol. The minimum atomic E-state index is 0.617. The molecule has 1 saturated heterocycles. The van der Waals surface area contributed by atoms with E-state index in [1.165, 1.54) is 36.9 Å². The Kier molecular flexibility index (Phi) is 2.47. The average molecular weight is 202 g/mol. The van der Waals surface area contributed by atoms with Crippen LogP contribution in [-0.4, -0.2) is 17.6 Å². The smallest absolute Gasteiger partial charge is 0.0603 e. The van der Waals surface area contributed by atoms with Crippen LogP contribution in [0.4, 0.5) is 0 Å². The number of benzene rings is 1. The third kappa shape index (κ3) is 1.80. The van der Waals surface area contributed by atoms with Crippen LogP contribution in [0.25, 0.3) is 0 Å². The van der Waals surface area contributed by atoms with Crippen molar-refractivity contribution in [1.29, 1.82) is 0 Å². The highest BCUT2D eigenvalue weighted by molar-refractivity contribution is 5.30. The summed E-state index contributed by atoms with van der Waals surface area (Å²) in [5.41, 5.74) is 3.04. The van der Waals surface area contributed by atoms with Gasteiger partial charge in [-0.15, -0.1) is 0 Å². The minimum absolute atomic E-state index is 0.617.